The maximum Gasteiger partial charge on any atom is 0.472 e. The van der Waals surface area contributed by atoms with Crippen LogP contribution in [0, 0.1) is 0 Å². The smallest absolute Gasteiger partial charge is 0.472 e. The second-order valence-electron chi connectivity index (χ2n) is 9.80. The normalized spacial score (nSPS) is 13.0. The van der Waals surface area contributed by atoms with Gasteiger partial charge in [-0.25, -0.2) is 4.57 Å². The highest BCUT2D eigenvalue weighted by atomic mass is 31.2. The molecule has 44 heavy (non-hydrogen) atoms. The van der Waals surface area contributed by atoms with Gasteiger partial charge in [-0.2, -0.15) is 0 Å². The van der Waals surface area contributed by atoms with Crippen molar-refractivity contribution < 1.29 is 42.7 Å². The van der Waals surface area contributed by atoms with E-state index in [-0.39, 0.29) is 26.1 Å². The van der Waals surface area contributed by atoms with Gasteiger partial charge in [0.15, 0.2) is 0 Å². The maximum absolute atomic E-state index is 12.3. The summed E-state index contributed by atoms with van der Waals surface area (Å²) in [6.45, 7) is -0.957. The van der Waals surface area contributed by atoms with Gasteiger partial charge in [-0.15, -0.1) is 0 Å². The third kappa shape index (κ3) is 10.2. The van der Waals surface area contributed by atoms with E-state index in [4.69, 9.17) is 24.8 Å². The molecule has 0 aliphatic rings. The van der Waals surface area contributed by atoms with E-state index in [0.717, 1.165) is 27.8 Å². The first kappa shape index (κ1) is 32.6. The van der Waals surface area contributed by atoms with Gasteiger partial charge in [0, 0.05) is 12.8 Å². The Morgan fingerprint density at radius 2 is 1.41 bits per heavy atom. The second kappa shape index (κ2) is 16.0. The van der Waals surface area contributed by atoms with Crippen LogP contribution < -0.4 is 10.5 Å². The molecule has 0 radical (unpaired) electrons. The summed E-state index contributed by atoms with van der Waals surface area (Å²) in [4.78, 5) is 32.5. The lowest BCUT2D eigenvalue weighted by Crippen LogP contribution is -2.34. The van der Waals surface area contributed by atoms with Crippen molar-refractivity contribution in [2.45, 2.75) is 25.3 Å². The number of hydrogen-bond donors (Lipinski definition) is 3. The number of esters is 1. The molecule has 230 valence electrons. The lowest BCUT2D eigenvalue weighted by Gasteiger charge is -2.14. The van der Waals surface area contributed by atoms with Crippen LogP contribution in [-0.4, -0.2) is 47.8 Å². The monoisotopic (exact) mass is 619 g/mol. The summed E-state index contributed by atoms with van der Waals surface area (Å²) in [5, 5.41) is 8.68. The topological polar surface area (TPSA) is 155 Å². The first-order chi connectivity index (χ1) is 21.2. The Hall–Kier alpha value is -4.31. The van der Waals surface area contributed by atoms with Gasteiger partial charge in [0.25, 0.3) is 0 Å². The number of aliphatic carboxylic acids is 1. The lowest BCUT2D eigenvalue weighted by atomic mass is 9.99. The van der Waals surface area contributed by atoms with Gasteiger partial charge >= 0.3 is 19.8 Å². The lowest BCUT2D eigenvalue weighted by molar-refractivity contribution is -0.143. The molecule has 4 aromatic carbocycles. The molecule has 0 aliphatic carbocycles. The number of ether oxygens (including phenoxy) is 2. The van der Waals surface area contributed by atoms with E-state index in [9.17, 15) is 19.0 Å². The Morgan fingerprint density at radius 3 is 2.11 bits per heavy atom. The summed E-state index contributed by atoms with van der Waals surface area (Å²) < 4.78 is 32.3. The number of carbonyl (C=O) groups excluding carboxylic acids is 1. The molecule has 0 saturated heterocycles. The predicted molar refractivity (Wildman–Crippen MR) is 165 cm³/mol. The first-order valence-corrected chi connectivity index (χ1v) is 15.5. The Bertz CT molecular complexity index is 1580. The van der Waals surface area contributed by atoms with Crippen LogP contribution in [0.5, 0.6) is 11.5 Å². The number of carboxylic acid groups (broad SMARTS) is 1. The number of hydrogen-bond acceptors (Lipinski definition) is 8. The Kier molecular flexibility index (Phi) is 11.8. The molecule has 0 spiro atoms. The van der Waals surface area contributed by atoms with E-state index in [2.05, 4.69) is 34.9 Å². The van der Waals surface area contributed by atoms with Crippen LogP contribution in [0.4, 0.5) is 0 Å². The van der Waals surface area contributed by atoms with Crippen molar-refractivity contribution in [2.75, 3.05) is 19.8 Å². The number of phosphoric ester groups is 1. The van der Waals surface area contributed by atoms with Gasteiger partial charge < -0.3 is 25.2 Å². The highest BCUT2D eigenvalue weighted by Crippen LogP contribution is 2.43. The van der Waals surface area contributed by atoms with E-state index < -0.39 is 32.4 Å². The van der Waals surface area contributed by atoms with E-state index in [1.165, 1.54) is 0 Å². The predicted octanol–water partition coefficient (Wildman–Crippen LogP) is 6.22. The summed E-state index contributed by atoms with van der Waals surface area (Å²) in [5.74, 6) is -0.522. The fourth-order valence-electron chi connectivity index (χ4n) is 4.18. The molecule has 2 atom stereocenters. The highest BCUT2D eigenvalue weighted by Gasteiger charge is 2.24. The highest BCUT2D eigenvalue weighted by molar-refractivity contribution is 7.47. The van der Waals surface area contributed by atoms with Crippen LogP contribution in [0.15, 0.2) is 103 Å². The molecule has 10 nitrogen and oxygen atoms in total. The van der Waals surface area contributed by atoms with Gasteiger partial charge in [0.2, 0.25) is 0 Å². The third-order valence-corrected chi connectivity index (χ3v) is 7.48. The molecule has 0 heterocycles. The fourth-order valence-corrected chi connectivity index (χ4v) is 4.96. The number of nitrogens with two attached hydrogens (primary N) is 1. The number of carboxylic acids is 1. The Morgan fingerprint density at radius 1 is 0.773 bits per heavy atom. The van der Waals surface area contributed by atoms with Crippen molar-refractivity contribution in [3.8, 4) is 33.8 Å². The minimum atomic E-state index is -4.47. The zero-order chi connectivity index (χ0) is 31.4. The average Bonchev–Trinajstić information content (AvgIpc) is 3.04. The Labute approximate surface area is 255 Å². The molecule has 11 heteroatoms. The molecule has 0 aromatic heterocycles. The van der Waals surface area contributed by atoms with Crippen molar-refractivity contribution in [2.24, 2.45) is 5.73 Å². The number of rotatable bonds is 16. The van der Waals surface area contributed by atoms with E-state index >= 15 is 0 Å². The third-order valence-electron chi connectivity index (χ3n) is 6.50. The average molecular weight is 620 g/mol. The SMILES string of the molecule is N[C@@H](COP(=O)(O)OCCCOC(=O)CCc1ccccc1Oc1ccc(-c2cccc(-c3ccccc3)c2)cc1)C(=O)O. The number of phosphoric acid groups is 1. The quantitative estimate of drug-likeness (QED) is 0.0747. The standard InChI is InChI=1S/C33H34NO9P/c34-30(33(36)37)23-42-44(38,39)41-21-7-20-40-32(35)19-16-26-10-4-5-13-31(26)43-29-17-14-25(15-18-29)28-12-6-11-27(22-28)24-8-2-1-3-9-24/h1-6,8-15,17-18,22,30H,7,16,19-21,23,34H2,(H,36,37)(H,38,39)/t30-/m0/s1. The molecular weight excluding hydrogens is 585 g/mol. The summed E-state index contributed by atoms with van der Waals surface area (Å²) in [6, 6.07) is 32.4. The molecule has 0 amide bonds. The van der Waals surface area contributed by atoms with E-state index in [0.29, 0.717) is 17.9 Å². The van der Waals surface area contributed by atoms with Crippen LogP contribution in [0.1, 0.15) is 18.4 Å². The van der Waals surface area contributed by atoms with Crippen LogP contribution in [0.3, 0.4) is 0 Å². The molecule has 0 saturated carbocycles. The maximum atomic E-state index is 12.3. The molecule has 0 aliphatic heterocycles. The van der Waals surface area contributed by atoms with E-state index in [1.807, 2.05) is 72.8 Å². The van der Waals surface area contributed by atoms with Crippen molar-refractivity contribution in [3.05, 3.63) is 109 Å². The molecule has 4 rings (SSSR count). The molecule has 0 fully saturated rings. The zero-order valence-corrected chi connectivity index (χ0v) is 24.8. The number of benzene rings is 4. The van der Waals surface area contributed by atoms with Crippen molar-refractivity contribution >= 4 is 19.8 Å². The second-order valence-corrected chi connectivity index (χ2v) is 11.3. The molecule has 1 unspecified atom stereocenters. The van der Waals surface area contributed by atoms with Crippen molar-refractivity contribution in [1.29, 1.82) is 0 Å². The molecule has 4 N–H and O–H groups in total. The van der Waals surface area contributed by atoms with Gasteiger partial charge in [-0.05, 0) is 58.5 Å². The summed E-state index contributed by atoms with van der Waals surface area (Å²) >= 11 is 0. The Balaban J connectivity index is 1.23. The number of aryl methyl sites for hydroxylation is 1. The van der Waals surface area contributed by atoms with Crippen LogP contribution in [0.2, 0.25) is 0 Å². The molecule has 4 aromatic rings. The van der Waals surface area contributed by atoms with Crippen LogP contribution in [-0.2, 0) is 34.4 Å². The molecule has 0 bridgehead atoms. The van der Waals surface area contributed by atoms with Crippen molar-refractivity contribution in [1.82, 2.24) is 0 Å². The minimum Gasteiger partial charge on any atom is -0.480 e. The van der Waals surface area contributed by atoms with Gasteiger partial charge in [0.05, 0.1) is 19.8 Å². The first-order valence-electron chi connectivity index (χ1n) is 14.0. The summed E-state index contributed by atoms with van der Waals surface area (Å²) in [6.07, 6.45) is 0.628. The van der Waals surface area contributed by atoms with E-state index in [1.54, 1.807) is 0 Å². The largest absolute Gasteiger partial charge is 0.480 e. The number of carbonyl (C=O) groups is 2. The molecular formula is C33H34NO9P. The van der Waals surface area contributed by atoms with Gasteiger partial charge in [-0.3, -0.25) is 18.6 Å². The van der Waals surface area contributed by atoms with Crippen LogP contribution >= 0.6 is 7.82 Å². The fraction of sp³-hybridized carbons (Fsp3) is 0.212. The van der Waals surface area contributed by atoms with Crippen molar-refractivity contribution in [3.63, 3.8) is 0 Å². The summed E-state index contributed by atoms with van der Waals surface area (Å²) in [5.41, 5.74) is 10.5. The van der Waals surface area contributed by atoms with Crippen LogP contribution in [0.25, 0.3) is 22.3 Å². The summed E-state index contributed by atoms with van der Waals surface area (Å²) in [7, 11) is -4.47. The minimum absolute atomic E-state index is 0.0355. The zero-order valence-electron chi connectivity index (χ0n) is 23.9. The van der Waals surface area contributed by atoms with Gasteiger partial charge in [0.1, 0.15) is 17.5 Å². The van der Waals surface area contributed by atoms with Gasteiger partial charge in [-0.1, -0.05) is 78.9 Å². The number of para-hydroxylation sites is 1.